The molecule has 30 heavy (non-hydrogen) atoms. The molecular weight excluding hydrogens is 431 g/mol. The zero-order chi connectivity index (χ0) is 21.7. The van der Waals surface area contributed by atoms with Crippen LogP contribution in [0.3, 0.4) is 0 Å². The van der Waals surface area contributed by atoms with Crippen molar-refractivity contribution in [3.63, 3.8) is 0 Å². The highest BCUT2D eigenvalue weighted by molar-refractivity contribution is 7.14. The molecule has 0 aliphatic rings. The number of benzene rings is 2. The van der Waals surface area contributed by atoms with E-state index in [4.69, 9.17) is 0 Å². The minimum atomic E-state index is -4.46. The number of para-hydroxylation sites is 1. The van der Waals surface area contributed by atoms with E-state index in [0.29, 0.717) is 11.3 Å². The van der Waals surface area contributed by atoms with E-state index >= 15 is 0 Å². The Kier molecular flexibility index (Phi) is 6.50. The fourth-order valence-corrected chi connectivity index (χ4v) is 3.07. The van der Waals surface area contributed by atoms with Gasteiger partial charge >= 0.3 is 12.8 Å². The van der Waals surface area contributed by atoms with Crippen LogP contribution in [0.5, 0.6) is 11.5 Å². The average molecular weight is 444 g/mol. The number of carbonyl (C=O) groups excluding carboxylic acids is 1. The average Bonchev–Trinajstić information content (AvgIpc) is 3.14. The molecule has 0 radical (unpaired) electrons. The molecule has 0 aliphatic heterocycles. The topological polar surface area (TPSA) is 60.5 Å². The Morgan fingerprint density at radius 3 is 2.47 bits per heavy atom. The molecule has 158 valence electrons. The highest BCUT2D eigenvalue weighted by Gasteiger charge is 2.28. The van der Waals surface area contributed by atoms with Crippen molar-refractivity contribution in [2.45, 2.75) is 12.8 Å². The second-order valence-electron chi connectivity index (χ2n) is 5.79. The standard InChI is InChI=1S/C19H13F5N2O3S/c20-17(21)29-15-4-2-1-3-13(15)14-9-30-18(25-14)26-16(27)11-5-7-12(8-6-11)28-10-19(22,23)24/h1-9,17H,10H2,(H,25,26,27). The number of rotatable bonds is 7. The summed E-state index contributed by atoms with van der Waals surface area (Å²) in [7, 11) is 0. The van der Waals surface area contributed by atoms with Gasteiger partial charge < -0.3 is 9.47 Å². The number of halogens is 5. The summed E-state index contributed by atoms with van der Waals surface area (Å²) in [4.78, 5) is 16.5. The number of aromatic nitrogens is 1. The SMILES string of the molecule is O=C(Nc1nc(-c2ccccc2OC(F)F)cs1)c1ccc(OCC(F)(F)F)cc1. The molecule has 1 heterocycles. The third kappa shape index (κ3) is 5.89. The first-order chi connectivity index (χ1) is 14.2. The fourth-order valence-electron chi connectivity index (χ4n) is 2.37. The number of nitrogens with one attached hydrogen (secondary N) is 1. The van der Waals surface area contributed by atoms with Gasteiger partial charge in [-0.3, -0.25) is 10.1 Å². The Bertz CT molecular complexity index is 1010. The molecule has 0 saturated carbocycles. The molecule has 0 atom stereocenters. The molecule has 1 aromatic heterocycles. The van der Waals surface area contributed by atoms with E-state index in [1.807, 2.05) is 0 Å². The summed E-state index contributed by atoms with van der Waals surface area (Å²) in [5.41, 5.74) is 0.843. The zero-order valence-corrected chi connectivity index (χ0v) is 15.8. The second-order valence-corrected chi connectivity index (χ2v) is 6.65. The van der Waals surface area contributed by atoms with Crippen molar-refractivity contribution in [3.8, 4) is 22.8 Å². The van der Waals surface area contributed by atoms with Crippen molar-refractivity contribution in [3.05, 3.63) is 59.5 Å². The Balaban J connectivity index is 1.67. The maximum Gasteiger partial charge on any atom is 0.422 e. The van der Waals surface area contributed by atoms with Crippen LogP contribution in [0.4, 0.5) is 27.1 Å². The van der Waals surface area contributed by atoms with Crippen molar-refractivity contribution in [2.24, 2.45) is 0 Å². The normalized spacial score (nSPS) is 11.4. The van der Waals surface area contributed by atoms with Gasteiger partial charge in [0, 0.05) is 16.5 Å². The highest BCUT2D eigenvalue weighted by Crippen LogP contribution is 2.33. The number of ether oxygens (including phenoxy) is 2. The lowest BCUT2D eigenvalue weighted by molar-refractivity contribution is -0.153. The van der Waals surface area contributed by atoms with E-state index in [9.17, 15) is 26.7 Å². The molecule has 3 aromatic rings. The Morgan fingerprint density at radius 1 is 1.10 bits per heavy atom. The number of hydrogen-bond acceptors (Lipinski definition) is 5. The number of amides is 1. The number of alkyl halides is 5. The number of thiazole rings is 1. The molecule has 0 spiro atoms. The van der Waals surface area contributed by atoms with Crippen LogP contribution in [0.25, 0.3) is 11.3 Å². The molecule has 0 fully saturated rings. The van der Waals surface area contributed by atoms with Gasteiger partial charge in [0.25, 0.3) is 5.91 Å². The lowest BCUT2D eigenvalue weighted by Gasteiger charge is -2.09. The number of hydrogen-bond donors (Lipinski definition) is 1. The summed E-state index contributed by atoms with van der Waals surface area (Å²) >= 11 is 1.07. The third-order valence-electron chi connectivity index (χ3n) is 3.62. The Morgan fingerprint density at radius 2 is 1.80 bits per heavy atom. The predicted molar refractivity (Wildman–Crippen MR) is 100 cm³/mol. The van der Waals surface area contributed by atoms with Crippen LogP contribution in [0.15, 0.2) is 53.9 Å². The molecule has 2 aromatic carbocycles. The van der Waals surface area contributed by atoms with Crippen LogP contribution in [0.1, 0.15) is 10.4 Å². The molecule has 0 unspecified atom stereocenters. The van der Waals surface area contributed by atoms with Gasteiger partial charge in [0.15, 0.2) is 11.7 Å². The zero-order valence-electron chi connectivity index (χ0n) is 15.0. The first-order valence-electron chi connectivity index (χ1n) is 8.32. The smallest absolute Gasteiger partial charge is 0.422 e. The summed E-state index contributed by atoms with van der Waals surface area (Å²) in [6, 6.07) is 11.2. The number of carbonyl (C=O) groups is 1. The van der Waals surface area contributed by atoms with Crippen molar-refractivity contribution in [1.29, 1.82) is 0 Å². The van der Waals surface area contributed by atoms with E-state index in [1.54, 1.807) is 23.6 Å². The van der Waals surface area contributed by atoms with Crippen molar-refractivity contribution >= 4 is 22.4 Å². The van der Waals surface area contributed by atoms with Gasteiger partial charge in [-0.15, -0.1) is 11.3 Å². The van der Waals surface area contributed by atoms with Crippen molar-refractivity contribution in [2.75, 3.05) is 11.9 Å². The van der Waals surface area contributed by atoms with Gasteiger partial charge in [0.2, 0.25) is 0 Å². The number of nitrogens with zero attached hydrogens (tertiary/aromatic N) is 1. The lowest BCUT2D eigenvalue weighted by atomic mass is 10.1. The van der Waals surface area contributed by atoms with Gasteiger partial charge in [-0.1, -0.05) is 12.1 Å². The maximum atomic E-state index is 12.6. The predicted octanol–water partition coefficient (Wildman–Crippen LogP) is 5.60. The van der Waals surface area contributed by atoms with E-state index in [1.165, 1.54) is 30.3 Å². The maximum absolute atomic E-state index is 12.6. The molecule has 0 aliphatic carbocycles. The van der Waals surface area contributed by atoms with Crippen LogP contribution in [0, 0.1) is 0 Å². The fraction of sp³-hybridized carbons (Fsp3) is 0.158. The van der Waals surface area contributed by atoms with E-state index in [0.717, 1.165) is 11.3 Å². The summed E-state index contributed by atoms with van der Waals surface area (Å²) in [5, 5.41) is 4.32. The highest BCUT2D eigenvalue weighted by atomic mass is 32.1. The third-order valence-corrected chi connectivity index (χ3v) is 4.38. The van der Waals surface area contributed by atoms with Crippen LogP contribution in [0.2, 0.25) is 0 Å². The number of anilines is 1. The van der Waals surface area contributed by atoms with E-state index in [-0.39, 0.29) is 22.2 Å². The molecular formula is C19H13F5N2O3S. The molecule has 0 bridgehead atoms. The molecule has 11 heteroatoms. The summed E-state index contributed by atoms with van der Waals surface area (Å²) < 4.78 is 70.7. The van der Waals surface area contributed by atoms with Crippen molar-refractivity contribution < 1.29 is 36.2 Å². The quantitative estimate of drug-likeness (QED) is 0.482. The van der Waals surface area contributed by atoms with Crippen LogP contribution in [-0.2, 0) is 0 Å². The summed E-state index contributed by atoms with van der Waals surface area (Å²) in [6.45, 7) is -4.43. The summed E-state index contributed by atoms with van der Waals surface area (Å²) in [6.07, 6.45) is -4.46. The lowest BCUT2D eigenvalue weighted by Crippen LogP contribution is -2.19. The van der Waals surface area contributed by atoms with Gasteiger partial charge in [0.05, 0.1) is 5.69 Å². The Hall–Kier alpha value is -3.21. The first kappa shape index (κ1) is 21.5. The second kappa shape index (κ2) is 9.08. The van der Waals surface area contributed by atoms with Crippen LogP contribution >= 0.6 is 11.3 Å². The monoisotopic (exact) mass is 444 g/mol. The van der Waals surface area contributed by atoms with Crippen LogP contribution < -0.4 is 14.8 Å². The van der Waals surface area contributed by atoms with Crippen molar-refractivity contribution in [1.82, 2.24) is 4.98 Å². The van der Waals surface area contributed by atoms with Gasteiger partial charge in [-0.2, -0.15) is 22.0 Å². The largest absolute Gasteiger partial charge is 0.484 e. The molecule has 1 amide bonds. The molecule has 3 rings (SSSR count). The van der Waals surface area contributed by atoms with E-state index < -0.39 is 25.3 Å². The molecule has 1 N–H and O–H groups in total. The Labute approximate surface area is 171 Å². The van der Waals surface area contributed by atoms with Gasteiger partial charge in [0.1, 0.15) is 11.5 Å². The van der Waals surface area contributed by atoms with E-state index in [2.05, 4.69) is 19.8 Å². The minimum Gasteiger partial charge on any atom is -0.484 e. The van der Waals surface area contributed by atoms with Crippen LogP contribution in [-0.4, -0.2) is 30.3 Å². The summed E-state index contributed by atoms with van der Waals surface area (Å²) in [5.74, 6) is -0.628. The first-order valence-corrected chi connectivity index (χ1v) is 9.20. The molecule has 5 nitrogen and oxygen atoms in total. The minimum absolute atomic E-state index is 0.0314. The molecule has 0 saturated heterocycles. The van der Waals surface area contributed by atoms with Gasteiger partial charge in [-0.25, -0.2) is 4.98 Å². The van der Waals surface area contributed by atoms with Gasteiger partial charge in [-0.05, 0) is 36.4 Å².